The van der Waals surface area contributed by atoms with Crippen molar-refractivity contribution in [1.82, 2.24) is 10.3 Å². The molecule has 1 aromatic heterocycles. The summed E-state index contributed by atoms with van der Waals surface area (Å²) in [6, 6.07) is 17.0. The van der Waals surface area contributed by atoms with Crippen LogP contribution in [0.25, 0.3) is 11.5 Å². The largest absolute Gasteiger partial charge is 0.441 e. The standard InChI is InChI=1S/C23H25N3O3/c1-15(2)22(28)25-19-11-9-17(10-12-19)14-24-21(27)13-20-16(3)29-23(26-20)18-7-5-4-6-8-18/h4-12,15H,13-14H2,1-3H3,(H,24,27)(H,25,28). The van der Waals surface area contributed by atoms with Gasteiger partial charge >= 0.3 is 0 Å². The van der Waals surface area contributed by atoms with E-state index in [4.69, 9.17) is 4.42 Å². The molecule has 0 aliphatic carbocycles. The zero-order chi connectivity index (χ0) is 20.8. The SMILES string of the molecule is Cc1oc(-c2ccccc2)nc1CC(=O)NCc1ccc(NC(=O)C(C)C)cc1. The zero-order valence-electron chi connectivity index (χ0n) is 16.9. The van der Waals surface area contributed by atoms with Crippen LogP contribution in [0.2, 0.25) is 0 Å². The third-order valence-electron chi connectivity index (χ3n) is 4.48. The Bertz CT molecular complexity index is 976. The van der Waals surface area contributed by atoms with Crippen molar-refractivity contribution >= 4 is 17.5 Å². The molecule has 3 aromatic rings. The third-order valence-corrected chi connectivity index (χ3v) is 4.48. The number of nitrogens with one attached hydrogen (secondary N) is 2. The second-order valence-corrected chi connectivity index (χ2v) is 7.18. The smallest absolute Gasteiger partial charge is 0.226 e. The Morgan fingerprint density at radius 2 is 1.72 bits per heavy atom. The predicted octanol–water partition coefficient (Wildman–Crippen LogP) is 4.10. The number of hydrogen-bond donors (Lipinski definition) is 2. The van der Waals surface area contributed by atoms with E-state index in [1.54, 1.807) is 0 Å². The van der Waals surface area contributed by atoms with Gasteiger partial charge in [-0.1, -0.05) is 44.2 Å². The van der Waals surface area contributed by atoms with Crippen molar-refractivity contribution in [3.63, 3.8) is 0 Å². The summed E-state index contributed by atoms with van der Waals surface area (Å²) >= 11 is 0. The average molecular weight is 391 g/mol. The molecule has 0 unspecified atom stereocenters. The summed E-state index contributed by atoms with van der Waals surface area (Å²) in [6.45, 7) is 5.91. The number of amides is 2. The number of anilines is 1. The Hall–Kier alpha value is -3.41. The fourth-order valence-electron chi connectivity index (χ4n) is 2.70. The molecule has 6 heteroatoms. The third kappa shape index (κ3) is 5.54. The van der Waals surface area contributed by atoms with E-state index in [2.05, 4.69) is 15.6 Å². The van der Waals surface area contributed by atoms with Gasteiger partial charge in [-0.25, -0.2) is 4.98 Å². The maximum absolute atomic E-state index is 12.3. The maximum Gasteiger partial charge on any atom is 0.226 e. The van der Waals surface area contributed by atoms with Gasteiger partial charge in [0.05, 0.1) is 12.1 Å². The minimum absolute atomic E-state index is 0.0242. The first-order valence-corrected chi connectivity index (χ1v) is 9.60. The Balaban J connectivity index is 1.54. The van der Waals surface area contributed by atoms with Crippen LogP contribution in [0.15, 0.2) is 59.0 Å². The van der Waals surface area contributed by atoms with Crippen molar-refractivity contribution in [2.75, 3.05) is 5.32 Å². The molecule has 2 aromatic carbocycles. The summed E-state index contributed by atoms with van der Waals surface area (Å²) in [5, 5.41) is 5.74. The molecule has 0 aliphatic heterocycles. The molecule has 2 N–H and O–H groups in total. The molecule has 29 heavy (non-hydrogen) atoms. The summed E-state index contributed by atoms with van der Waals surface area (Å²) in [6.07, 6.45) is 0.157. The van der Waals surface area contributed by atoms with Crippen LogP contribution >= 0.6 is 0 Å². The lowest BCUT2D eigenvalue weighted by molar-refractivity contribution is -0.120. The van der Waals surface area contributed by atoms with E-state index in [0.29, 0.717) is 23.9 Å². The highest BCUT2D eigenvalue weighted by Crippen LogP contribution is 2.21. The summed E-state index contributed by atoms with van der Waals surface area (Å²) < 4.78 is 5.70. The molecular formula is C23H25N3O3. The van der Waals surface area contributed by atoms with Crippen LogP contribution < -0.4 is 10.6 Å². The number of carbonyl (C=O) groups excluding carboxylic acids is 2. The molecule has 2 amide bonds. The van der Waals surface area contributed by atoms with Crippen LogP contribution in [0, 0.1) is 12.8 Å². The lowest BCUT2D eigenvalue weighted by Crippen LogP contribution is -2.25. The van der Waals surface area contributed by atoms with E-state index in [-0.39, 0.29) is 24.2 Å². The molecular weight excluding hydrogens is 366 g/mol. The molecule has 0 bridgehead atoms. The molecule has 1 heterocycles. The lowest BCUT2D eigenvalue weighted by Gasteiger charge is -2.09. The summed E-state index contributed by atoms with van der Waals surface area (Å²) in [4.78, 5) is 28.5. The van der Waals surface area contributed by atoms with Crippen molar-refractivity contribution in [3.05, 3.63) is 71.6 Å². The van der Waals surface area contributed by atoms with Gasteiger partial charge in [-0.05, 0) is 36.8 Å². The number of nitrogens with zero attached hydrogens (tertiary/aromatic N) is 1. The monoisotopic (exact) mass is 391 g/mol. The first-order valence-electron chi connectivity index (χ1n) is 9.60. The number of carbonyl (C=O) groups is 2. The fraction of sp³-hybridized carbons (Fsp3) is 0.261. The number of oxazole rings is 1. The highest BCUT2D eigenvalue weighted by atomic mass is 16.4. The number of benzene rings is 2. The molecule has 0 fully saturated rings. The van der Waals surface area contributed by atoms with Crippen molar-refractivity contribution in [3.8, 4) is 11.5 Å². The molecule has 0 atom stereocenters. The quantitative estimate of drug-likeness (QED) is 0.635. The zero-order valence-corrected chi connectivity index (χ0v) is 16.9. The topological polar surface area (TPSA) is 84.2 Å². The summed E-state index contributed by atoms with van der Waals surface area (Å²) in [7, 11) is 0. The molecule has 0 radical (unpaired) electrons. The molecule has 150 valence electrons. The molecule has 0 saturated heterocycles. The predicted molar refractivity (Wildman–Crippen MR) is 112 cm³/mol. The second kappa shape index (κ2) is 9.19. The first kappa shape index (κ1) is 20.3. The van der Waals surface area contributed by atoms with Gasteiger partial charge in [0.2, 0.25) is 17.7 Å². The maximum atomic E-state index is 12.3. The van der Waals surface area contributed by atoms with Gasteiger partial charge in [0.1, 0.15) is 5.76 Å². The van der Waals surface area contributed by atoms with Gasteiger partial charge in [0.15, 0.2) is 0 Å². The van der Waals surface area contributed by atoms with Gasteiger partial charge in [-0.3, -0.25) is 9.59 Å². The van der Waals surface area contributed by atoms with Crippen LogP contribution in [0.5, 0.6) is 0 Å². The van der Waals surface area contributed by atoms with Gasteiger partial charge in [0.25, 0.3) is 0 Å². The fourth-order valence-corrected chi connectivity index (χ4v) is 2.70. The second-order valence-electron chi connectivity index (χ2n) is 7.18. The molecule has 0 aliphatic rings. The van der Waals surface area contributed by atoms with E-state index in [1.807, 2.05) is 75.4 Å². The van der Waals surface area contributed by atoms with E-state index in [1.165, 1.54) is 0 Å². The van der Waals surface area contributed by atoms with E-state index >= 15 is 0 Å². The van der Waals surface area contributed by atoms with E-state index in [9.17, 15) is 9.59 Å². The van der Waals surface area contributed by atoms with Crippen LogP contribution in [-0.4, -0.2) is 16.8 Å². The lowest BCUT2D eigenvalue weighted by atomic mass is 10.1. The van der Waals surface area contributed by atoms with Gasteiger partial charge in [0, 0.05) is 23.7 Å². The molecule has 0 spiro atoms. The van der Waals surface area contributed by atoms with Crippen molar-refractivity contribution in [2.24, 2.45) is 5.92 Å². The van der Waals surface area contributed by atoms with Gasteiger partial charge in [-0.15, -0.1) is 0 Å². The van der Waals surface area contributed by atoms with E-state index < -0.39 is 0 Å². The van der Waals surface area contributed by atoms with Crippen molar-refractivity contribution in [1.29, 1.82) is 0 Å². The first-order chi connectivity index (χ1) is 13.9. The Labute approximate surface area is 170 Å². The summed E-state index contributed by atoms with van der Waals surface area (Å²) in [5.41, 5.74) is 3.20. The average Bonchev–Trinajstić information content (AvgIpc) is 3.08. The number of rotatable bonds is 7. The molecule has 3 rings (SSSR count). The van der Waals surface area contributed by atoms with Crippen LogP contribution in [0.4, 0.5) is 5.69 Å². The van der Waals surface area contributed by atoms with Crippen LogP contribution in [-0.2, 0) is 22.6 Å². The highest BCUT2D eigenvalue weighted by molar-refractivity contribution is 5.92. The number of aryl methyl sites for hydroxylation is 1. The Morgan fingerprint density at radius 1 is 1.03 bits per heavy atom. The van der Waals surface area contributed by atoms with Gasteiger partial charge < -0.3 is 15.1 Å². The number of hydrogen-bond acceptors (Lipinski definition) is 4. The number of aromatic nitrogens is 1. The van der Waals surface area contributed by atoms with Crippen molar-refractivity contribution in [2.45, 2.75) is 33.7 Å². The molecule has 6 nitrogen and oxygen atoms in total. The van der Waals surface area contributed by atoms with E-state index in [0.717, 1.165) is 16.8 Å². The normalized spacial score (nSPS) is 10.8. The van der Waals surface area contributed by atoms with Crippen LogP contribution in [0.1, 0.15) is 30.9 Å². The highest BCUT2D eigenvalue weighted by Gasteiger charge is 2.14. The van der Waals surface area contributed by atoms with Crippen LogP contribution in [0.3, 0.4) is 0 Å². The minimum atomic E-state index is -0.127. The van der Waals surface area contributed by atoms with Gasteiger partial charge in [-0.2, -0.15) is 0 Å². The Morgan fingerprint density at radius 3 is 2.38 bits per heavy atom. The minimum Gasteiger partial charge on any atom is -0.441 e. The van der Waals surface area contributed by atoms with Crippen molar-refractivity contribution < 1.29 is 14.0 Å². The summed E-state index contributed by atoms with van der Waals surface area (Å²) in [5.74, 6) is 0.938. The molecule has 0 saturated carbocycles. The Kier molecular flexibility index (Phi) is 6.44.